The van der Waals surface area contributed by atoms with Crippen molar-refractivity contribution in [2.45, 2.75) is 51.2 Å². The van der Waals surface area contributed by atoms with Crippen molar-refractivity contribution in [3.05, 3.63) is 0 Å². The molecule has 7 nitrogen and oxygen atoms in total. The van der Waals surface area contributed by atoms with E-state index in [1.165, 1.54) is 6.92 Å². The topological polar surface area (TPSA) is 113 Å². The monoisotopic (exact) mass is 287 g/mol. The molecule has 0 bridgehead atoms. The number of rotatable bonds is 5. The molecule has 0 heterocycles. The molecule has 0 spiro atoms. The maximum Gasteiger partial charge on any atom is 0.331 e. The van der Waals surface area contributed by atoms with E-state index in [1.54, 1.807) is 6.92 Å². The van der Waals surface area contributed by atoms with Crippen LogP contribution < -0.4 is 5.32 Å². The van der Waals surface area contributed by atoms with Gasteiger partial charge in [0.2, 0.25) is 5.91 Å². The highest BCUT2D eigenvalue weighted by Crippen LogP contribution is 2.35. The van der Waals surface area contributed by atoms with Crippen molar-refractivity contribution in [1.29, 1.82) is 0 Å². The Bertz CT molecular complexity index is 386. The molecule has 3 N–H and O–H groups in total. The standard InChI is InChI=1S/C13H21NO6/c1-3-20-12(18)10(14-8(2)15)13(19)6-4-9(5-7-13)11(16)17/h9-10,19H,3-7H2,1-2H3,(H,14,15)(H,16,17). The van der Waals surface area contributed by atoms with E-state index in [-0.39, 0.29) is 32.3 Å². The second-order valence-corrected chi connectivity index (χ2v) is 5.10. The largest absolute Gasteiger partial charge is 0.481 e. The third kappa shape index (κ3) is 3.93. The minimum absolute atomic E-state index is 0.133. The molecule has 0 aromatic carbocycles. The number of carboxylic acid groups (broad SMARTS) is 1. The van der Waals surface area contributed by atoms with E-state index in [2.05, 4.69) is 5.32 Å². The number of carbonyl (C=O) groups excluding carboxylic acids is 2. The summed E-state index contributed by atoms with van der Waals surface area (Å²) in [5.74, 6) is -2.56. The highest BCUT2D eigenvalue weighted by molar-refractivity contribution is 5.84. The van der Waals surface area contributed by atoms with Gasteiger partial charge >= 0.3 is 11.9 Å². The first kappa shape index (κ1) is 16.4. The van der Waals surface area contributed by atoms with Crippen LogP contribution in [0.2, 0.25) is 0 Å². The molecule has 1 atom stereocenters. The number of aliphatic hydroxyl groups is 1. The number of carboxylic acids is 1. The number of aliphatic carboxylic acids is 1. The van der Waals surface area contributed by atoms with Gasteiger partial charge in [-0.25, -0.2) is 4.79 Å². The van der Waals surface area contributed by atoms with Gasteiger partial charge in [-0.1, -0.05) is 0 Å². The molecular formula is C13H21NO6. The summed E-state index contributed by atoms with van der Waals surface area (Å²) in [7, 11) is 0. The fourth-order valence-electron chi connectivity index (χ4n) is 2.49. The first-order valence-corrected chi connectivity index (χ1v) is 6.69. The van der Waals surface area contributed by atoms with Gasteiger partial charge in [0.05, 0.1) is 18.1 Å². The lowest BCUT2D eigenvalue weighted by Gasteiger charge is -2.39. The predicted molar refractivity (Wildman–Crippen MR) is 68.8 cm³/mol. The molecule has 1 aliphatic carbocycles. The third-order valence-electron chi connectivity index (χ3n) is 3.61. The quantitative estimate of drug-likeness (QED) is 0.616. The summed E-state index contributed by atoms with van der Waals surface area (Å²) in [5, 5.41) is 21.9. The summed E-state index contributed by atoms with van der Waals surface area (Å²) in [4.78, 5) is 34.0. The number of hydrogen-bond acceptors (Lipinski definition) is 5. The maximum absolute atomic E-state index is 11.9. The molecule has 114 valence electrons. The first-order valence-electron chi connectivity index (χ1n) is 6.69. The second kappa shape index (κ2) is 6.69. The molecule has 0 saturated heterocycles. The minimum atomic E-state index is -1.45. The number of ether oxygens (including phenoxy) is 1. The van der Waals surface area contributed by atoms with Crippen molar-refractivity contribution in [2.24, 2.45) is 5.92 Å². The van der Waals surface area contributed by atoms with Crippen molar-refractivity contribution in [1.82, 2.24) is 5.32 Å². The zero-order chi connectivity index (χ0) is 15.3. The van der Waals surface area contributed by atoms with E-state index in [0.717, 1.165) is 0 Å². The van der Waals surface area contributed by atoms with Crippen molar-refractivity contribution >= 4 is 17.8 Å². The molecule has 0 aromatic heterocycles. The summed E-state index contributed by atoms with van der Waals surface area (Å²) < 4.78 is 4.87. The number of amides is 1. The molecule has 20 heavy (non-hydrogen) atoms. The zero-order valence-electron chi connectivity index (χ0n) is 11.7. The van der Waals surface area contributed by atoms with Gasteiger partial charge in [-0.15, -0.1) is 0 Å². The van der Waals surface area contributed by atoms with Crippen molar-refractivity contribution in [2.75, 3.05) is 6.61 Å². The number of hydrogen-bond donors (Lipinski definition) is 3. The second-order valence-electron chi connectivity index (χ2n) is 5.10. The van der Waals surface area contributed by atoms with Crippen LogP contribution in [0, 0.1) is 5.92 Å². The van der Waals surface area contributed by atoms with Crippen LogP contribution in [0.5, 0.6) is 0 Å². The van der Waals surface area contributed by atoms with E-state index in [4.69, 9.17) is 9.84 Å². The Morgan fingerprint density at radius 1 is 1.35 bits per heavy atom. The van der Waals surface area contributed by atoms with E-state index >= 15 is 0 Å². The van der Waals surface area contributed by atoms with Gasteiger partial charge in [0.25, 0.3) is 0 Å². The van der Waals surface area contributed by atoms with E-state index in [1.807, 2.05) is 0 Å². The van der Waals surface area contributed by atoms with Gasteiger partial charge < -0.3 is 20.3 Å². The van der Waals surface area contributed by atoms with Crippen LogP contribution in [0.3, 0.4) is 0 Å². The Kier molecular flexibility index (Phi) is 5.50. The predicted octanol–water partition coefficient (Wildman–Crippen LogP) is 0.0601. The number of nitrogens with one attached hydrogen (secondary N) is 1. The highest BCUT2D eigenvalue weighted by atomic mass is 16.5. The maximum atomic E-state index is 11.9. The SMILES string of the molecule is CCOC(=O)C(NC(C)=O)C1(O)CCC(C(=O)O)CC1. The van der Waals surface area contributed by atoms with Crippen LogP contribution in [0.25, 0.3) is 0 Å². The molecule has 0 radical (unpaired) electrons. The van der Waals surface area contributed by atoms with Crippen LogP contribution >= 0.6 is 0 Å². The van der Waals surface area contributed by atoms with Gasteiger partial charge in [-0.3, -0.25) is 9.59 Å². The van der Waals surface area contributed by atoms with Gasteiger partial charge in [0.15, 0.2) is 6.04 Å². The van der Waals surface area contributed by atoms with Crippen LogP contribution in [-0.2, 0) is 19.1 Å². The van der Waals surface area contributed by atoms with Crippen LogP contribution in [0.15, 0.2) is 0 Å². The van der Waals surface area contributed by atoms with E-state index < -0.39 is 35.4 Å². The normalized spacial score (nSPS) is 27.4. The Balaban J connectivity index is 2.82. The average Bonchev–Trinajstić information content (AvgIpc) is 2.36. The first-order chi connectivity index (χ1) is 9.30. The average molecular weight is 287 g/mol. The van der Waals surface area contributed by atoms with Gasteiger partial charge in [-0.05, 0) is 32.6 Å². The third-order valence-corrected chi connectivity index (χ3v) is 3.61. The van der Waals surface area contributed by atoms with E-state index in [0.29, 0.717) is 0 Å². The summed E-state index contributed by atoms with van der Waals surface area (Å²) >= 11 is 0. The Morgan fingerprint density at radius 3 is 2.30 bits per heavy atom. The molecule has 1 fully saturated rings. The number of carbonyl (C=O) groups is 3. The lowest BCUT2D eigenvalue weighted by Crippen LogP contribution is -2.58. The Morgan fingerprint density at radius 2 is 1.90 bits per heavy atom. The lowest BCUT2D eigenvalue weighted by atomic mass is 9.75. The smallest absolute Gasteiger partial charge is 0.331 e. The molecule has 0 aliphatic heterocycles. The molecule has 1 amide bonds. The van der Waals surface area contributed by atoms with Gasteiger partial charge in [-0.2, -0.15) is 0 Å². The van der Waals surface area contributed by atoms with Crippen LogP contribution in [0.4, 0.5) is 0 Å². The summed E-state index contributed by atoms with van der Waals surface area (Å²) in [6.45, 7) is 3.02. The number of esters is 1. The Hall–Kier alpha value is -1.63. The van der Waals surface area contributed by atoms with Gasteiger partial charge in [0.1, 0.15) is 0 Å². The van der Waals surface area contributed by atoms with Gasteiger partial charge in [0, 0.05) is 6.92 Å². The zero-order valence-corrected chi connectivity index (χ0v) is 11.7. The summed E-state index contributed by atoms with van der Waals surface area (Å²) in [5.41, 5.74) is -1.45. The van der Waals surface area contributed by atoms with Crippen molar-refractivity contribution in [3.63, 3.8) is 0 Å². The van der Waals surface area contributed by atoms with Crippen molar-refractivity contribution in [3.8, 4) is 0 Å². The summed E-state index contributed by atoms with van der Waals surface area (Å²) in [6.07, 6.45) is 0.796. The molecule has 1 saturated carbocycles. The summed E-state index contributed by atoms with van der Waals surface area (Å²) in [6, 6.07) is -1.16. The van der Waals surface area contributed by atoms with Crippen LogP contribution in [-0.4, -0.2) is 46.3 Å². The molecule has 1 unspecified atom stereocenters. The lowest BCUT2D eigenvalue weighted by molar-refractivity contribution is -0.159. The Labute approximate surface area is 117 Å². The molecule has 1 rings (SSSR count). The van der Waals surface area contributed by atoms with Crippen LogP contribution in [0.1, 0.15) is 39.5 Å². The van der Waals surface area contributed by atoms with E-state index in [9.17, 15) is 19.5 Å². The van der Waals surface area contributed by atoms with Crippen molar-refractivity contribution < 1.29 is 29.3 Å². The fraction of sp³-hybridized carbons (Fsp3) is 0.769. The highest BCUT2D eigenvalue weighted by Gasteiger charge is 2.46. The fourth-order valence-corrected chi connectivity index (χ4v) is 2.49. The molecule has 1 aliphatic rings. The molecule has 7 heteroatoms. The molecule has 0 aromatic rings. The minimum Gasteiger partial charge on any atom is -0.481 e. The molecular weight excluding hydrogens is 266 g/mol.